The Morgan fingerprint density at radius 3 is 1.89 bits per heavy atom. The van der Waals surface area contributed by atoms with E-state index in [1.165, 1.54) is 0 Å². The molecule has 0 saturated heterocycles. The van der Waals surface area contributed by atoms with Gasteiger partial charge in [-0.15, -0.1) is 0 Å². The second kappa shape index (κ2) is 8.74. The van der Waals surface area contributed by atoms with Gasteiger partial charge in [0.1, 0.15) is 5.92 Å². The van der Waals surface area contributed by atoms with Crippen LogP contribution in [0.25, 0.3) is 16.9 Å². The molecule has 0 saturated carbocycles. The Hall–Kier alpha value is -3.09. The zero-order valence-corrected chi connectivity index (χ0v) is 23.5. The van der Waals surface area contributed by atoms with Crippen molar-refractivity contribution in [3.8, 4) is 16.9 Å². The molecule has 0 atom stereocenters. The zero-order valence-electron chi connectivity index (χ0n) is 20.3. The van der Waals surface area contributed by atoms with Gasteiger partial charge in [-0.1, -0.05) is 82.1 Å². The molecule has 184 valence electrons. The lowest BCUT2D eigenvalue weighted by atomic mass is 9.72. The molecule has 0 fully saturated rings. The fourth-order valence-corrected chi connectivity index (χ4v) is 6.20. The predicted octanol–water partition coefficient (Wildman–Crippen LogP) is 7.99. The standard InChI is InChI=1S/C31H23Br2NO3/c1-31(2)16-15-23-24(30(31)37)25(26-28(35)21-5-3-4-6-22(21)29(26)36)27(17-7-9-18(32)10-8-17)34(23)20-13-11-19(33)12-14-20/h3-14,26H,15-16H2,1-2H3. The van der Waals surface area contributed by atoms with E-state index in [9.17, 15) is 14.4 Å². The van der Waals surface area contributed by atoms with E-state index in [0.29, 0.717) is 35.1 Å². The third-order valence-corrected chi connectivity index (χ3v) is 8.67. The maximum atomic E-state index is 14.1. The normalized spacial score (nSPS) is 16.7. The number of Topliss-reactive ketones (excluding diaryl/α,β-unsaturated/α-hetero) is 3. The first kappa shape index (κ1) is 24.3. The van der Waals surface area contributed by atoms with Gasteiger partial charge >= 0.3 is 0 Å². The van der Waals surface area contributed by atoms with Crippen LogP contribution < -0.4 is 0 Å². The summed E-state index contributed by atoms with van der Waals surface area (Å²) < 4.78 is 3.95. The maximum Gasteiger partial charge on any atom is 0.178 e. The van der Waals surface area contributed by atoms with E-state index in [1.807, 2.05) is 62.4 Å². The highest BCUT2D eigenvalue weighted by molar-refractivity contribution is 9.10. The van der Waals surface area contributed by atoms with Gasteiger partial charge in [0.05, 0.1) is 5.69 Å². The number of rotatable bonds is 3. The number of hydrogen-bond acceptors (Lipinski definition) is 3. The molecule has 3 aromatic carbocycles. The highest BCUT2D eigenvalue weighted by Gasteiger charge is 2.48. The Labute approximate surface area is 232 Å². The van der Waals surface area contributed by atoms with Crippen LogP contribution in [0.1, 0.15) is 68.5 Å². The summed E-state index contributed by atoms with van der Waals surface area (Å²) in [5.74, 6) is -1.56. The second-order valence-corrected chi connectivity index (χ2v) is 12.2. The molecule has 0 radical (unpaired) electrons. The second-order valence-electron chi connectivity index (χ2n) is 10.3. The van der Waals surface area contributed by atoms with Crippen molar-refractivity contribution in [3.63, 3.8) is 0 Å². The molecule has 0 aliphatic heterocycles. The van der Waals surface area contributed by atoms with E-state index < -0.39 is 11.3 Å². The monoisotopic (exact) mass is 615 g/mol. The van der Waals surface area contributed by atoms with Crippen molar-refractivity contribution in [1.82, 2.24) is 4.57 Å². The highest BCUT2D eigenvalue weighted by Crippen LogP contribution is 2.49. The number of nitrogens with zero attached hydrogens (tertiary/aromatic N) is 1. The van der Waals surface area contributed by atoms with Crippen LogP contribution in [-0.2, 0) is 6.42 Å². The van der Waals surface area contributed by atoms with Crippen LogP contribution in [0.5, 0.6) is 0 Å². The molecule has 1 aromatic heterocycles. The number of ketones is 3. The average Bonchev–Trinajstić information content (AvgIpc) is 3.34. The molecule has 0 spiro atoms. The van der Waals surface area contributed by atoms with Gasteiger partial charge in [-0.2, -0.15) is 0 Å². The van der Waals surface area contributed by atoms with Gasteiger partial charge < -0.3 is 4.57 Å². The number of fused-ring (bicyclic) bond motifs is 2. The van der Waals surface area contributed by atoms with Crippen molar-refractivity contribution < 1.29 is 14.4 Å². The van der Waals surface area contributed by atoms with Gasteiger partial charge in [-0.3, -0.25) is 14.4 Å². The number of carbonyl (C=O) groups is 3. The Kier molecular flexibility index (Phi) is 5.73. The Balaban J connectivity index is 1.74. The Morgan fingerprint density at radius 2 is 1.32 bits per heavy atom. The van der Waals surface area contributed by atoms with E-state index in [4.69, 9.17) is 0 Å². The van der Waals surface area contributed by atoms with Crippen molar-refractivity contribution in [3.05, 3.63) is 110 Å². The summed E-state index contributed by atoms with van der Waals surface area (Å²) in [6.45, 7) is 3.90. The summed E-state index contributed by atoms with van der Waals surface area (Å²) in [6, 6.07) is 22.7. The molecule has 37 heavy (non-hydrogen) atoms. The first-order valence-corrected chi connectivity index (χ1v) is 13.8. The molecule has 2 aliphatic carbocycles. The highest BCUT2D eigenvalue weighted by atomic mass is 79.9. The Bertz CT molecular complexity index is 1580. The molecule has 0 unspecified atom stereocenters. The van der Waals surface area contributed by atoms with Gasteiger partial charge in [0.15, 0.2) is 17.3 Å². The van der Waals surface area contributed by atoms with E-state index >= 15 is 0 Å². The van der Waals surface area contributed by atoms with Crippen molar-refractivity contribution in [2.24, 2.45) is 5.41 Å². The van der Waals surface area contributed by atoms with Crippen LogP contribution in [-0.4, -0.2) is 21.9 Å². The van der Waals surface area contributed by atoms with Crippen LogP contribution in [0.4, 0.5) is 0 Å². The number of benzene rings is 3. The fourth-order valence-electron chi connectivity index (χ4n) is 5.67. The summed E-state index contributed by atoms with van der Waals surface area (Å²) in [6.07, 6.45) is 1.35. The number of halogens is 2. The van der Waals surface area contributed by atoms with Crippen LogP contribution in [0.2, 0.25) is 0 Å². The third-order valence-electron chi connectivity index (χ3n) is 7.61. The summed E-state index contributed by atoms with van der Waals surface area (Å²) in [7, 11) is 0. The first-order chi connectivity index (χ1) is 17.7. The van der Waals surface area contributed by atoms with E-state index in [0.717, 1.165) is 31.6 Å². The SMILES string of the molecule is CC1(C)CCc2c(c(C3C(=O)c4ccccc4C3=O)c(-c3ccc(Br)cc3)n2-c2ccc(Br)cc2)C1=O. The van der Waals surface area contributed by atoms with Crippen LogP contribution in [0.3, 0.4) is 0 Å². The lowest BCUT2D eigenvalue weighted by molar-refractivity contribution is 0.0808. The number of carbonyl (C=O) groups excluding carboxylic acids is 3. The molecular formula is C31H23Br2NO3. The molecule has 6 heteroatoms. The minimum atomic E-state index is -1.06. The largest absolute Gasteiger partial charge is 0.313 e. The molecule has 2 aliphatic rings. The summed E-state index contributed by atoms with van der Waals surface area (Å²) in [4.78, 5) is 41.8. The predicted molar refractivity (Wildman–Crippen MR) is 151 cm³/mol. The van der Waals surface area contributed by atoms with E-state index in [-0.39, 0.29) is 17.3 Å². The van der Waals surface area contributed by atoms with E-state index in [2.05, 4.69) is 36.4 Å². The number of hydrogen-bond donors (Lipinski definition) is 0. The van der Waals surface area contributed by atoms with E-state index in [1.54, 1.807) is 24.3 Å². The van der Waals surface area contributed by atoms with Crippen LogP contribution in [0.15, 0.2) is 81.7 Å². The van der Waals surface area contributed by atoms with Gasteiger partial charge in [-0.25, -0.2) is 0 Å². The fraction of sp³-hybridized carbons (Fsp3) is 0.194. The zero-order chi connectivity index (χ0) is 26.1. The third kappa shape index (κ3) is 3.72. The molecule has 0 N–H and O–H groups in total. The van der Waals surface area contributed by atoms with Crippen molar-refractivity contribution in [2.45, 2.75) is 32.6 Å². The smallest absolute Gasteiger partial charge is 0.178 e. The van der Waals surface area contributed by atoms with Gasteiger partial charge in [-0.05, 0) is 54.8 Å². The van der Waals surface area contributed by atoms with Crippen molar-refractivity contribution in [1.29, 1.82) is 0 Å². The molecule has 1 heterocycles. The molecule has 4 aromatic rings. The quantitative estimate of drug-likeness (QED) is 0.219. The summed E-state index contributed by atoms with van der Waals surface area (Å²) >= 11 is 7.04. The molecule has 6 rings (SSSR count). The molecule has 4 nitrogen and oxygen atoms in total. The van der Waals surface area contributed by atoms with Gasteiger partial charge in [0.2, 0.25) is 0 Å². The molecular weight excluding hydrogens is 594 g/mol. The summed E-state index contributed by atoms with van der Waals surface area (Å²) in [5.41, 5.74) is 4.62. The summed E-state index contributed by atoms with van der Waals surface area (Å²) in [5, 5.41) is 0. The molecule has 0 bridgehead atoms. The van der Waals surface area contributed by atoms with Crippen molar-refractivity contribution >= 4 is 49.2 Å². The van der Waals surface area contributed by atoms with Crippen LogP contribution in [0, 0.1) is 5.41 Å². The first-order valence-electron chi connectivity index (χ1n) is 12.2. The van der Waals surface area contributed by atoms with Gasteiger partial charge in [0, 0.05) is 48.0 Å². The lowest BCUT2D eigenvalue weighted by Gasteiger charge is -2.29. The maximum absolute atomic E-state index is 14.1. The Morgan fingerprint density at radius 1 is 0.784 bits per heavy atom. The van der Waals surface area contributed by atoms with Gasteiger partial charge in [0.25, 0.3) is 0 Å². The lowest BCUT2D eigenvalue weighted by Crippen LogP contribution is -2.32. The minimum Gasteiger partial charge on any atom is -0.313 e. The van der Waals surface area contributed by atoms with Crippen LogP contribution >= 0.6 is 31.9 Å². The number of aromatic nitrogens is 1. The minimum absolute atomic E-state index is 0.0190. The topological polar surface area (TPSA) is 56.1 Å². The average molecular weight is 617 g/mol. The van der Waals surface area contributed by atoms with Crippen molar-refractivity contribution in [2.75, 3.05) is 0 Å². The molecule has 0 amide bonds.